The first-order valence-corrected chi connectivity index (χ1v) is 6.86. The van der Waals surface area contributed by atoms with E-state index in [4.69, 9.17) is 4.74 Å². The molecule has 0 aliphatic heterocycles. The monoisotopic (exact) mass is 299 g/mol. The maximum Gasteiger partial charge on any atom is 0.133 e. The van der Waals surface area contributed by atoms with Crippen molar-refractivity contribution >= 4 is 15.9 Å². The number of hydrogen-bond acceptors (Lipinski definition) is 2. The first-order valence-electron chi connectivity index (χ1n) is 6.07. The summed E-state index contributed by atoms with van der Waals surface area (Å²) in [6, 6.07) is 7.92. The summed E-state index contributed by atoms with van der Waals surface area (Å²) in [5.74, 6) is 0.908. The SMILES string of the molecule is CC(C)(C)CCNCCOc1ccccc1Br. The minimum atomic E-state index is 0.399. The highest BCUT2D eigenvalue weighted by molar-refractivity contribution is 9.10. The zero-order valence-corrected chi connectivity index (χ0v) is 12.5. The molecule has 1 rings (SSSR count). The number of hydrogen-bond donors (Lipinski definition) is 1. The van der Waals surface area contributed by atoms with Gasteiger partial charge in [-0.15, -0.1) is 0 Å². The van der Waals surface area contributed by atoms with E-state index in [1.807, 2.05) is 24.3 Å². The highest BCUT2D eigenvalue weighted by Gasteiger charge is 2.08. The fourth-order valence-electron chi connectivity index (χ4n) is 1.38. The number of benzene rings is 1. The Morgan fingerprint density at radius 1 is 1.18 bits per heavy atom. The summed E-state index contributed by atoms with van der Waals surface area (Å²) in [5, 5.41) is 3.39. The van der Waals surface area contributed by atoms with E-state index in [0.717, 1.165) is 23.3 Å². The maximum atomic E-state index is 5.66. The van der Waals surface area contributed by atoms with Crippen LogP contribution in [0.25, 0.3) is 0 Å². The molecule has 2 nitrogen and oxygen atoms in total. The zero-order valence-electron chi connectivity index (χ0n) is 10.9. The molecule has 0 spiro atoms. The number of nitrogens with one attached hydrogen (secondary N) is 1. The van der Waals surface area contributed by atoms with Crippen LogP contribution in [0.5, 0.6) is 5.75 Å². The molecule has 0 atom stereocenters. The van der Waals surface area contributed by atoms with E-state index in [0.29, 0.717) is 12.0 Å². The summed E-state index contributed by atoms with van der Waals surface area (Å²) in [6.07, 6.45) is 1.18. The summed E-state index contributed by atoms with van der Waals surface area (Å²) in [7, 11) is 0. The third-order valence-corrected chi connectivity index (χ3v) is 3.08. The molecule has 0 saturated carbocycles. The van der Waals surface area contributed by atoms with Crippen molar-refractivity contribution in [3.05, 3.63) is 28.7 Å². The van der Waals surface area contributed by atoms with Gasteiger partial charge in [-0.3, -0.25) is 0 Å². The first kappa shape index (κ1) is 14.5. The van der Waals surface area contributed by atoms with E-state index >= 15 is 0 Å². The second-order valence-electron chi connectivity index (χ2n) is 5.34. The normalized spacial score (nSPS) is 11.5. The van der Waals surface area contributed by atoms with Crippen molar-refractivity contribution in [2.45, 2.75) is 27.2 Å². The smallest absolute Gasteiger partial charge is 0.133 e. The summed E-state index contributed by atoms with van der Waals surface area (Å²) in [6.45, 7) is 9.40. The number of rotatable bonds is 6. The van der Waals surface area contributed by atoms with Crippen LogP contribution in [0, 0.1) is 5.41 Å². The second-order valence-corrected chi connectivity index (χ2v) is 6.19. The van der Waals surface area contributed by atoms with Gasteiger partial charge in [-0.2, -0.15) is 0 Å². The van der Waals surface area contributed by atoms with E-state index in [-0.39, 0.29) is 0 Å². The standard InChI is InChI=1S/C14H22BrNO/c1-14(2,3)8-9-16-10-11-17-13-7-5-4-6-12(13)15/h4-7,16H,8-11H2,1-3H3. The fraction of sp³-hybridized carbons (Fsp3) is 0.571. The fourth-order valence-corrected chi connectivity index (χ4v) is 1.78. The highest BCUT2D eigenvalue weighted by Crippen LogP contribution is 2.23. The molecular formula is C14H22BrNO. The average molecular weight is 300 g/mol. The lowest BCUT2D eigenvalue weighted by atomic mass is 9.92. The van der Waals surface area contributed by atoms with Gasteiger partial charge in [0, 0.05) is 6.54 Å². The molecule has 0 bridgehead atoms. The average Bonchev–Trinajstić information content (AvgIpc) is 2.24. The molecule has 0 saturated heterocycles. The summed E-state index contributed by atoms with van der Waals surface area (Å²) >= 11 is 3.46. The lowest BCUT2D eigenvalue weighted by Crippen LogP contribution is -2.25. The van der Waals surface area contributed by atoms with Gasteiger partial charge in [0.15, 0.2) is 0 Å². The Balaban J connectivity index is 2.11. The molecule has 0 unspecified atom stereocenters. The largest absolute Gasteiger partial charge is 0.491 e. The molecule has 0 aliphatic carbocycles. The van der Waals surface area contributed by atoms with Gasteiger partial charge in [0.1, 0.15) is 12.4 Å². The van der Waals surface area contributed by atoms with E-state index in [2.05, 4.69) is 42.0 Å². The van der Waals surface area contributed by atoms with Gasteiger partial charge in [0.05, 0.1) is 4.47 Å². The van der Waals surface area contributed by atoms with Gasteiger partial charge in [0.2, 0.25) is 0 Å². The Morgan fingerprint density at radius 3 is 2.53 bits per heavy atom. The maximum absolute atomic E-state index is 5.66. The highest BCUT2D eigenvalue weighted by atomic mass is 79.9. The van der Waals surface area contributed by atoms with Crippen LogP contribution >= 0.6 is 15.9 Å². The van der Waals surface area contributed by atoms with Crippen LogP contribution in [-0.2, 0) is 0 Å². The quantitative estimate of drug-likeness (QED) is 0.806. The molecule has 3 heteroatoms. The zero-order chi connectivity index (χ0) is 12.7. The molecular weight excluding hydrogens is 278 g/mol. The van der Waals surface area contributed by atoms with Gasteiger partial charge >= 0.3 is 0 Å². The lowest BCUT2D eigenvalue weighted by molar-refractivity contribution is 0.302. The van der Waals surface area contributed by atoms with Gasteiger partial charge < -0.3 is 10.1 Å². The van der Waals surface area contributed by atoms with E-state index in [9.17, 15) is 0 Å². The number of para-hydroxylation sites is 1. The van der Waals surface area contributed by atoms with Gasteiger partial charge in [-0.25, -0.2) is 0 Å². The van der Waals surface area contributed by atoms with Crippen molar-refractivity contribution < 1.29 is 4.74 Å². The molecule has 1 aromatic rings. The predicted octanol–water partition coefficient (Wildman–Crippen LogP) is 3.85. The second kappa shape index (κ2) is 7.02. The molecule has 96 valence electrons. The summed E-state index contributed by atoms with van der Waals surface area (Å²) in [4.78, 5) is 0. The van der Waals surface area contributed by atoms with E-state index in [1.54, 1.807) is 0 Å². The van der Waals surface area contributed by atoms with Gasteiger partial charge in [-0.05, 0) is 46.4 Å². The Labute approximate surface area is 113 Å². The summed E-state index contributed by atoms with van der Waals surface area (Å²) in [5.41, 5.74) is 0.399. The Hall–Kier alpha value is -0.540. The van der Waals surface area contributed by atoms with Crippen LogP contribution in [0.15, 0.2) is 28.7 Å². The van der Waals surface area contributed by atoms with Crippen LogP contribution in [0.4, 0.5) is 0 Å². The Kier molecular flexibility index (Phi) is 6.00. The minimum absolute atomic E-state index is 0.399. The number of halogens is 1. The first-order chi connectivity index (χ1) is 7.99. The molecule has 0 aliphatic rings. The van der Waals surface area contributed by atoms with E-state index in [1.165, 1.54) is 6.42 Å². The molecule has 0 amide bonds. The minimum Gasteiger partial charge on any atom is -0.491 e. The van der Waals surface area contributed by atoms with Crippen LogP contribution in [-0.4, -0.2) is 19.7 Å². The van der Waals surface area contributed by atoms with Crippen molar-refractivity contribution in [1.82, 2.24) is 5.32 Å². The Bertz CT molecular complexity index is 333. The van der Waals surface area contributed by atoms with Gasteiger partial charge in [-0.1, -0.05) is 32.9 Å². The van der Waals surface area contributed by atoms with Crippen LogP contribution < -0.4 is 10.1 Å². The van der Waals surface area contributed by atoms with Crippen LogP contribution in [0.1, 0.15) is 27.2 Å². The molecule has 0 heterocycles. The molecule has 0 radical (unpaired) electrons. The van der Waals surface area contributed by atoms with Crippen LogP contribution in [0.3, 0.4) is 0 Å². The third-order valence-electron chi connectivity index (χ3n) is 2.42. The molecule has 1 N–H and O–H groups in total. The molecule has 0 aromatic heterocycles. The van der Waals surface area contributed by atoms with Crippen molar-refractivity contribution in [2.24, 2.45) is 5.41 Å². The predicted molar refractivity (Wildman–Crippen MR) is 76.6 cm³/mol. The molecule has 17 heavy (non-hydrogen) atoms. The summed E-state index contributed by atoms with van der Waals surface area (Å²) < 4.78 is 6.67. The van der Waals surface area contributed by atoms with E-state index < -0.39 is 0 Å². The van der Waals surface area contributed by atoms with Crippen LogP contribution in [0.2, 0.25) is 0 Å². The molecule has 0 fully saturated rings. The number of ether oxygens (including phenoxy) is 1. The lowest BCUT2D eigenvalue weighted by Gasteiger charge is -2.18. The van der Waals surface area contributed by atoms with Crippen molar-refractivity contribution in [3.8, 4) is 5.75 Å². The van der Waals surface area contributed by atoms with Crippen molar-refractivity contribution in [3.63, 3.8) is 0 Å². The van der Waals surface area contributed by atoms with Crippen molar-refractivity contribution in [2.75, 3.05) is 19.7 Å². The molecule has 1 aromatic carbocycles. The van der Waals surface area contributed by atoms with Gasteiger partial charge in [0.25, 0.3) is 0 Å². The third kappa shape index (κ3) is 6.69. The Morgan fingerprint density at radius 2 is 1.88 bits per heavy atom. The van der Waals surface area contributed by atoms with Crippen molar-refractivity contribution in [1.29, 1.82) is 0 Å². The topological polar surface area (TPSA) is 21.3 Å².